The zero-order valence-corrected chi connectivity index (χ0v) is 11.3. The lowest BCUT2D eigenvalue weighted by Crippen LogP contribution is -2.45. The first-order chi connectivity index (χ1) is 9.25. The quantitative estimate of drug-likeness (QED) is 0.653. The highest BCUT2D eigenvalue weighted by atomic mass is 16.5. The lowest BCUT2D eigenvalue weighted by atomic mass is 10.3. The van der Waals surface area contributed by atoms with Gasteiger partial charge in [0.1, 0.15) is 11.9 Å². The summed E-state index contributed by atoms with van der Waals surface area (Å²) in [6.45, 7) is 5.59. The van der Waals surface area contributed by atoms with Crippen LogP contribution in [0.2, 0.25) is 0 Å². The minimum atomic E-state index is 0.00184. The molecule has 1 aliphatic rings. The second-order valence-electron chi connectivity index (χ2n) is 4.54. The van der Waals surface area contributed by atoms with Crippen LogP contribution in [0.1, 0.15) is 6.92 Å². The van der Waals surface area contributed by atoms with Crippen LogP contribution in [0.4, 0.5) is 0 Å². The summed E-state index contributed by atoms with van der Waals surface area (Å²) in [7, 11) is 0. The van der Waals surface area contributed by atoms with Crippen molar-refractivity contribution in [3.63, 3.8) is 0 Å². The lowest BCUT2D eigenvalue weighted by Gasteiger charge is -2.27. The fraction of sp³-hybridized carbons (Fsp3) is 0.500. The molecule has 2 rings (SSSR count). The Morgan fingerprint density at radius 3 is 2.74 bits per heavy atom. The molecule has 104 valence electrons. The average molecular weight is 263 g/mol. The van der Waals surface area contributed by atoms with Gasteiger partial charge in [0.2, 0.25) is 0 Å². The van der Waals surface area contributed by atoms with E-state index in [-0.39, 0.29) is 6.10 Å². The van der Waals surface area contributed by atoms with Crippen molar-refractivity contribution in [3.05, 3.63) is 30.3 Å². The molecule has 0 spiro atoms. The van der Waals surface area contributed by atoms with Gasteiger partial charge in [-0.15, -0.1) is 0 Å². The molecule has 19 heavy (non-hydrogen) atoms. The van der Waals surface area contributed by atoms with Crippen molar-refractivity contribution < 1.29 is 9.47 Å². The summed E-state index contributed by atoms with van der Waals surface area (Å²) < 4.78 is 11.0. The minimum absolute atomic E-state index is 0.00184. The van der Waals surface area contributed by atoms with E-state index >= 15 is 0 Å². The number of morpholine rings is 1. The van der Waals surface area contributed by atoms with Gasteiger partial charge in [0.25, 0.3) is 0 Å². The molecule has 2 N–H and O–H groups in total. The fourth-order valence-electron chi connectivity index (χ4n) is 1.88. The van der Waals surface area contributed by atoms with Crippen molar-refractivity contribution in [2.75, 3.05) is 32.8 Å². The summed E-state index contributed by atoms with van der Waals surface area (Å²) in [6.07, 6.45) is 0.00184. The average Bonchev–Trinajstić information content (AvgIpc) is 2.47. The van der Waals surface area contributed by atoms with Crippen molar-refractivity contribution in [2.45, 2.75) is 13.0 Å². The molecule has 0 saturated carbocycles. The first kappa shape index (κ1) is 13.7. The van der Waals surface area contributed by atoms with Crippen molar-refractivity contribution in [1.82, 2.24) is 4.90 Å². The number of ether oxygens (including phenoxy) is 2. The number of para-hydroxylation sites is 1. The zero-order valence-electron chi connectivity index (χ0n) is 11.3. The Hall–Kier alpha value is -1.75. The SMILES string of the molecule is CC(CN=C(N)N1CCOCC1)Oc1ccccc1. The first-order valence-electron chi connectivity index (χ1n) is 6.60. The van der Waals surface area contributed by atoms with Crippen LogP contribution >= 0.6 is 0 Å². The molecule has 1 atom stereocenters. The van der Waals surface area contributed by atoms with Crippen molar-refractivity contribution in [2.24, 2.45) is 10.7 Å². The molecule has 0 bridgehead atoms. The second kappa shape index (κ2) is 6.99. The van der Waals surface area contributed by atoms with Gasteiger partial charge in [-0.05, 0) is 19.1 Å². The third-order valence-corrected chi connectivity index (χ3v) is 2.93. The van der Waals surface area contributed by atoms with E-state index in [2.05, 4.69) is 4.99 Å². The van der Waals surface area contributed by atoms with Crippen LogP contribution in [-0.2, 0) is 4.74 Å². The third-order valence-electron chi connectivity index (χ3n) is 2.93. The molecule has 1 unspecified atom stereocenters. The number of rotatable bonds is 4. The van der Waals surface area contributed by atoms with Crippen LogP contribution in [0.15, 0.2) is 35.3 Å². The van der Waals surface area contributed by atoms with Gasteiger partial charge in [-0.25, -0.2) is 4.99 Å². The highest BCUT2D eigenvalue weighted by Gasteiger charge is 2.12. The largest absolute Gasteiger partial charge is 0.489 e. The number of benzene rings is 1. The van der Waals surface area contributed by atoms with Crippen LogP contribution in [-0.4, -0.2) is 49.8 Å². The number of nitrogens with zero attached hydrogens (tertiary/aromatic N) is 2. The van der Waals surface area contributed by atoms with Crippen LogP contribution < -0.4 is 10.5 Å². The van der Waals surface area contributed by atoms with Gasteiger partial charge in [-0.2, -0.15) is 0 Å². The monoisotopic (exact) mass is 263 g/mol. The van der Waals surface area contributed by atoms with Crippen molar-refractivity contribution >= 4 is 5.96 Å². The predicted octanol–water partition coefficient (Wildman–Crippen LogP) is 1.10. The Kier molecular flexibility index (Phi) is 5.03. The molecule has 1 fully saturated rings. The number of aliphatic imine (C=N–C) groups is 1. The molecule has 1 aliphatic heterocycles. The van der Waals surface area contributed by atoms with Gasteiger partial charge < -0.3 is 20.1 Å². The molecular weight excluding hydrogens is 242 g/mol. The molecule has 5 nitrogen and oxygen atoms in total. The standard InChI is InChI=1S/C14H21N3O2/c1-12(19-13-5-3-2-4-6-13)11-16-14(15)17-7-9-18-10-8-17/h2-6,12H,7-11H2,1H3,(H2,15,16). The maximum atomic E-state index is 5.95. The first-order valence-corrected chi connectivity index (χ1v) is 6.60. The molecule has 1 heterocycles. The van der Waals surface area contributed by atoms with Gasteiger partial charge in [0, 0.05) is 13.1 Å². The molecule has 5 heteroatoms. The van der Waals surface area contributed by atoms with E-state index in [1.807, 2.05) is 42.2 Å². The maximum absolute atomic E-state index is 5.95. The summed E-state index contributed by atoms with van der Waals surface area (Å²) in [4.78, 5) is 6.42. The number of hydrogen-bond acceptors (Lipinski definition) is 3. The molecule has 1 saturated heterocycles. The van der Waals surface area contributed by atoms with E-state index in [4.69, 9.17) is 15.2 Å². The molecular formula is C14H21N3O2. The maximum Gasteiger partial charge on any atom is 0.191 e. The van der Waals surface area contributed by atoms with Crippen molar-refractivity contribution in [3.8, 4) is 5.75 Å². The molecule has 0 aromatic heterocycles. The zero-order chi connectivity index (χ0) is 13.5. The molecule has 1 aromatic carbocycles. The van der Waals surface area contributed by atoms with Crippen LogP contribution in [0.5, 0.6) is 5.75 Å². The van der Waals surface area contributed by atoms with Gasteiger partial charge in [0.15, 0.2) is 5.96 Å². The van der Waals surface area contributed by atoms with Gasteiger partial charge in [0.05, 0.1) is 19.8 Å². The summed E-state index contributed by atoms with van der Waals surface area (Å²) in [5.41, 5.74) is 5.95. The van der Waals surface area contributed by atoms with Crippen LogP contribution in [0.25, 0.3) is 0 Å². The summed E-state index contributed by atoms with van der Waals surface area (Å²) >= 11 is 0. The third kappa shape index (κ3) is 4.44. The Bertz CT molecular complexity index is 402. The molecule has 0 amide bonds. The van der Waals surface area contributed by atoms with Gasteiger partial charge in [-0.3, -0.25) is 0 Å². The lowest BCUT2D eigenvalue weighted by molar-refractivity contribution is 0.0673. The normalized spacial score (nSPS) is 18.2. The Labute approximate surface area is 114 Å². The molecule has 0 aliphatic carbocycles. The fourth-order valence-corrected chi connectivity index (χ4v) is 1.88. The number of guanidine groups is 1. The van der Waals surface area contributed by atoms with Crippen LogP contribution in [0, 0.1) is 0 Å². The summed E-state index contributed by atoms with van der Waals surface area (Å²) in [5.74, 6) is 1.43. The number of nitrogens with two attached hydrogens (primary N) is 1. The smallest absolute Gasteiger partial charge is 0.191 e. The predicted molar refractivity (Wildman–Crippen MR) is 75.4 cm³/mol. The van der Waals surface area contributed by atoms with Crippen molar-refractivity contribution in [1.29, 1.82) is 0 Å². The number of hydrogen-bond donors (Lipinski definition) is 1. The molecule has 0 radical (unpaired) electrons. The Balaban J connectivity index is 1.80. The minimum Gasteiger partial charge on any atom is -0.489 e. The highest BCUT2D eigenvalue weighted by Crippen LogP contribution is 2.10. The summed E-state index contributed by atoms with van der Waals surface area (Å²) in [5, 5.41) is 0. The molecule has 1 aromatic rings. The van der Waals surface area contributed by atoms with Gasteiger partial charge in [-0.1, -0.05) is 18.2 Å². The highest BCUT2D eigenvalue weighted by molar-refractivity contribution is 5.78. The van der Waals surface area contributed by atoms with E-state index in [9.17, 15) is 0 Å². The Morgan fingerprint density at radius 1 is 1.37 bits per heavy atom. The topological polar surface area (TPSA) is 60.1 Å². The van der Waals surface area contributed by atoms with Crippen LogP contribution in [0.3, 0.4) is 0 Å². The Morgan fingerprint density at radius 2 is 2.05 bits per heavy atom. The summed E-state index contributed by atoms with van der Waals surface area (Å²) in [6, 6.07) is 9.74. The van der Waals surface area contributed by atoms with E-state index in [1.165, 1.54) is 0 Å². The van der Waals surface area contributed by atoms with E-state index in [0.717, 1.165) is 18.8 Å². The van der Waals surface area contributed by atoms with E-state index in [1.54, 1.807) is 0 Å². The second-order valence-corrected chi connectivity index (χ2v) is 4.54. The van der Waals surface area contributed by atoms with E-state index < -0.39 is 0 Å². The van der Waals surface area contributed by atoms with Gasteiger partial charge >= 0.3 is 0 Å². The van der Waals surface area contributed by atoms with E-state index in [0.29, 0.717) is 25.7 Å².